The fourth-order valence-electron chi connectivity index (χ4n) is 9.84. The summed E-state index contributed by atoms with van der Waals surface area (Å²) in [6, 6.07) is 11.5. The summed E-state index contributed by atoms with van der Waals surface area (Å²) in [6.45, 7) is 4.60. The van der Waals surface area contributed by atoms with Gasteiger partial charge < -0.3 is 19.9 Å². The largest absolute Gasteiger partial charge is 0.379 e. The summed E-state index contributed by atoms with van der Waals surface area (Å²) >= 11 is 0. The summed E-state index contributed by atoms with van der Waals surface area (Å²) in [6.07, 6.45) is 25.5. The predicted octanol–water partition coefficient (Wildman–Crippen LogP) is 5.44. The molecule has 1 spiro atoms. The topological polar surface area (TPSA) is 56.6 Å². The molecule has 3 N–H and O–H groups in total. The Balaban J connectivity index is 1.35. The van der Waals surface area contributed by atoms with Crippen LogP contribution in [0.1, 0.15) is 69.9 Å². The number of nitrogens with one attached hydrogen (secondary N) is 2. The zero-order chi connectivity index (χ0) is 27.4. The fourth-order valence-corrected chi connectivity index (χ4v) is 9.84. The van der Waals surface area contributed by atoms with Crippen LogP contribution in [0.25, 0.3) is 27.4 Å². The molecule has 0 radical (unpaired) electrons. The second kappa shape index (κ2) is 10.2. The van der Waals surface area contributed by atoms with Crippen molar-refractivity contribution in [1.82, 2.24) is 14.9 Å². The highest BCUT2D eigenvalue weighted by Crippen LogP contribution is 2.57. The van der Waals surface area contributed by atoms with Gasteiger partial charge in [-0.15, -0.1) is 0 Å². The van der Waals surface area contributed by atoms with Crippen LogP contribution in [0.3, 0.4) is 0 Å². The van der Waals surface area contributed by atoms with Gasteiger partial charge in [-0.2, -0.15) is 0 Å². The van der Waals surface area contributed by atoms with Gasteiger partial charge in [0.05, 0.1) is 23.2 Å². The van der Waals surface area contributed by atoms with Crippen LogP contribution >= 0.6 is 0 Å². The smallest absolute Gasteiger partial charge is 0.136 e. The van der Waals surface area contributed by atoms with Crippen molar-refractivity contribution in [3.63, 3.8) is 0 Å². The average Bonchev–Trinajstić information content (AvgIpc) is 3.49. The maximum Gasteiger partial charge on any atom is 0.136 e. The highest BCUT2D eigenvalue weighted by molar-refractivity contribution is 6.09. The monoisotopic (exact) mass is 549 g/mol. The van der Waals surface area contributed by atoms with Gasteiger partial charge in [0.1, 0.15) is 17.7 Å². The minimum absolute atomic E-state index is 0.0411. The van der Waals surface area contributed by atoms with Crippen molar-refractivity contribution in [1.29, 1.82) is 0 Å². The molecule has 5 heteroatoms. The number of pyridine rings is 1. The molecule has 0 amide bonds. The van der Waals surface area contributed by atoms with Crippen LogP contribution in [0.2, 0.25) is 0 Å². The minimum atomic E-state index is -0.861. The molecule has 3 aromatic rings. The van der Waals surface area contributed by atoms with E-state index >= 15 is 0 Å². The first kappa shape index (κ1) is 25.9. The highest BCUT2D eigenvalue weighted by atomic mass is 16.3. The van der Waals surface area contributed by atoms with Gasteiger partial charge in [-0.1, -0.05) is 36.4 Å². The van der Waals surface area contributed by atoms with Crippen LogP contribution < -0.4 is 4.90 Å². The third kappa shape index (κ3) is 4.18. The minimum Gasteiger partial charge on any atom is -0.379 e. The molecule has 2 fully saturated rings. The van der Waals surface area contributed by atoms with E-state index in [1.54, 1.807) is 4.90 Å². The number of piperidine rings is 1. The van der Waals surface area contributed by atoms with E-state index in [0.717, 1.165) is 55.5 Å². The van der Waals surface area contributed by atoms with E-state index in [2.05, 4.69) is 70.6 Å². The number of para-hydroxylation sites is 1. The Hall–Kier alpha value is -2.73. The lowest BCUT2D eigenvalue weighted by molar-refractivity contribution is -0.940. The van der Waals surface area contributed by atoms with Crippen molar-refractivity contribution in [3.8, 4) is 0 Å². The van der Waals surface area contributed by atoms with Crippen LogP contribution in [-0.4, -0.2) is 63.8 Å². The van der Waals surface area contributed by atoms with E-state index in [1.165, 1.54) is 68.0 Å². The van der Waals surface area contributed by atoms with Crippen molar-refractivity contribution in [2.75, 3.05) is 26.2 Å². The predicted molar refractivity (Wildman–Crippen MR) is 167 cm³/mol. The van der Waals surface area contributed by atoms with Crippen molar-refractivity contribution in [3.05, 3.63) is 72.6 Å². The van der Waals surface area contributed by atoms with Crippen LogP contribution in [0.5, 0.6) is 0 Å². The SMILES string of the molecule is O[C@]12C=C(c3nccc4c3[nH]c3ccccc34)[C@@H]3CCN(CCCC/C=C\CC1)CC31CC3/C=C\CCCC[NH+]3[C@H]12. The van der Waals surface area contributed by atoms with Crippen LogP contribution in [0.4, 0.5) is 0 Å². The van der Waals surface area contributed by atoms with E-state index in [4.69, 9.17) is 4.98 Å². The zero-order valence-electron chi connectivity index (χ0n) is 24.3. The van der Waals surface area contributed by atoms with Crippen molar-refractivity contribution < 1.29 is 10.0 Å². The molecule has 2 saturated heterocycles. The number of aromatic nitrogens is 2. The molecule has 4 aliphatic heterocycles. The Bertz CT molecular complexity index is 1530. The lowest BCUT2D eigenvalue weighted by Crippen LogP contribution is -3.20. The summed E-state index contributed by atoms with van der Waals surface area (Å²) in [4.78, 5) is 13.3. The molecular formula is C36H45N4O+. The van der Waals surface area contributed by atoms with Crippen LogP contribution in [0, 0.1) is 11.3 Å². The van der Waals surface area contributed by atoms with Gasteiger partial charge in [-0.25, -0.2) is 0 Å². The van der Waals surface area contributed by atoms with E-state index in [0.29, 0.717) is 12.0 Å². The molecule has 6 heterocycles. The molecule has 5 nitrogen and oxygen atoms in total. The number of aliphatic hydroxyl groups is 1. The Labute approximate surface area is 244 Å². The molecule has 41 heavy (non-hydrogen) atoms. The molecule has 1 aromatic carbocycles. The summed E-state index contributed by atoms with van der Waals surface area (Å²) in [7, 11) is 0. The van der Waals surface area contributed by atoms with Gasteiger partial charge in [0, 0.05) is 35.5 Å². The molecule has 214 valence electrons. The number of H-pyrrole nitrogens is 1. The maximum absolute atomic E-state index is 13.1. The van der Waals surface area contributed by atoms with Gasteiger partial charge in [-0.05, 0) is 107 Å². The van der Waals surface area contributed by atoms with Gasteiger partial charge in [-0.3, -0.25) is 4.98 Å². The number of benzene rings is 1. The molecular weight excluding hydrogens is 504 g/mol. The quantitative estimate of drug-likeness (QED) is 0.355. The van der Waals surface area contributed by atoms with E-state index in [1.807, 2.05) is 6.20 Å². The fraction of sp³-hybridized carbons (Fsp3) is 0.528. The molecule has 3 bridgehead atoms. The average molecular weight is 550 g/mol. The Kier molecular flexibility index (Phi) is 6.46. The molecule has 2 aromatic heterocycles. The third-order valence-electron chi connectivity index (χ3n) is 11.4. The first-order valence-electron chi connectivity index (χ1n) is 16.4. The molecule has 7 atom stereocenters. The second-order valence-electron chi connectivity index (χ2n) is 13.7. The van der Waals surface area contributed by atoms with Gasteiger partial charge in [0.15, 0.2) is 0 Å². The normalized spacial score (nSPS) is 39.0. The first-order chi connectivity index (χ1) is 20.2. The molecule has 0 saturated carbocycles. The third-order valence-corrected chi connectivity index (χ3v) is 11.4. The number of aromatic amines is 1. The van der Waals surface area contributed by atoms with Crippen molar-refractivity contribution in [2.45, 2.75) is 81.9 Å². The molecule has 8 rings (SSSR count). The first-order valence-corrected chi connectivity index (χ1v) is 16.4. The number of quaternary nitrogens is 1. The van der Waals surface area contributed by atoms with Crippen LogP contribution in [0.15, 0.2) is 66.9 Å². The molecule has 5 aliphatic rings. The summed E-state index contributed by atoms with van der Waals surface area (Å²) in [5.74, 6) is 0.406. The summed E-state index contributed by atoms with van der Waals surface area (Å²) in [5, 5.41) is 15.6. The maximum atomic E-state index is 13.1. The summed E-state index contributed by atoms with van der Waals surface area (Å²) < 4.78 is 0. The number of hydrogen-bond acceptors (Lipinski definition) is 3. The number of rotatable bonds is 1. The van der Waals surface area contributed by atoms with Crippen LogP contribution in [-0.2, 0) is 0 Å². The molecule has 4 unspecified atom stereocenters. The number of fused-ring (bicyclic) bond motifs is 5. The molecule has 1 aliphatic carbocycles. The van der Waals surface area contributed by atoms with Gasteiger partial charge in [0.2, 0.25) is 0 Å². The second-order valence-corrected chi connectivity index (χ2v) is 13.7. The number of hydrogen-bond donors (Lipinski definition) is 3. The Morgan fingerprint density at radius 3 is 2.80 bits per heavy atom. The van der Waals surface area contributed by atoms with E-state index in [-0.39, 0.29) is 11.5 Å². The standard InChI is InChI=1S/C36H44N4O/c41-36-18-10-4-1-2-5-11-20-39-22-17-30(35(25-39)23-26-13-7-3-6-12-21-40(26)34(35)36)29(24-36)32-33-28(16-19-37-32)27-14-8-9-15-31(27)38-33/h1,4,7-9,13-16,19,24,26,30,34,38,41H,2-3,5-6,10-12,17-18,20-23,25H2/p+1/b4-1-,13-7-/t26?,30-,34+,35?,36-/m0/s1. The van der Waals surface area contributed by atoms with Gasteiger partial charge in [0.25, 0.3) is 0 Å². The highest BCUT2D eigenvalue weighted by Gasteiger charge is 2.68. The van der Waals surface area contributed by atoms with E-state index in [9.17, 15) is 5.11 Å². The van der Waals surface area contributed by atoms with Crippen molar-refractivity contribution >= 4 is 27.4 Å². The number of nitrogens with zero attached hydrogens (tertiary/aromatic N) is 2. The number of allylic oxidation sites excluding steroid dienone is 4. The lowest BCUT2D eigenvalue weighted by atomic mass is 9.54. The Morgan fingerprint density at radius 2 is 1.83 bits per heavy atom. The lowest BCUT2D eigenvalue weighted by Gasteiger charge is -2.55. The van der Waals surface area contributed by atoms with Crippen molar-refractivity contribution in [2.24, 2.45) is 11.3 Å². The van der Waals surface area contributed by atoms with E-state index < -0.39 is 5.60 Å². The Morgan fingerprint density at radius 1 is 0.951 bits per heavy atom. The van der Waals surface area contributed by atoms with Gasteiger partial charge >= 0.3 is 0 Å². The zero-order valence-corrected chi connectivity index (χ0v) is 24.3. The summed E-state index contributed by atoms with van der Waals surface area (Å²) in [5.41, 5.74) is 3.85.